The maximum atomic E-state index is 12.1. The average molecular weight is 627 g/mol. The van der Waals surface area contributed by atoms with Crippen LogP contribution in [0.15, 0.2) is 60.9 Å². The van der Waals surface area contributed by atoms with Crippen LogP contribution in [0.3, 0.4) is 0 Å². The van der Waals surface area contributed by atoms with Crippen molar-refractivity contribution in [3.05, 3.63) is 60.9 Å². The van der Waals surface area contributed by atoms with E-state index in [0.29, 0.717) is 62.1 Å². The smallest absolute Gasteiger partial charge is 0.407 e. The van der Waals surface area contributed by atoms with Gasteiger partial charge in [-0.15, -0.1) is 0 Å². The van der Waals surface area contributed by atoms with Gasteiger partial charge in [0, 0.05) is 26.2 Å². The maximum Gasteiger partial charge on any atom is 0.407 e. The molecule has 3 heterocycles. The number of rotatable bonds is 10. The lowest BCUT2D eigenvalue weighted by Crippen LogP contribution is -2.33. The van der Waals surface area contributed by atoms with E-state index in [9.17, 15) is 9.59 Å². The van der Waals surface area contributed by atoms with Crippen LogP contribution < -0.4 is 10.6 Å². The van der Waals surface area contributed by atoms with Crippen molar-refractivity contribution in [3.63, 3.8) is 0 Å². The predicted molar refractivity (Wildman–Crippen MR) is 177 cm³/mol. The molecule has 0 atom stereocenters. The van der Waals surface area contributed by atoms with Gasteiger partial charge in [0.1, 0.15) is 22.6 Å². The topological polar surface area (TPSA) is 138 Å². The van der Waals surface area contributed by atoms with Gasteiger partial charge in [-0.3, -0.25) is 0 Å². The molecule has 0 bridgehead atoms. The first-order chi connectivity index (χ1) is 21.9. The number of hydrogen-bond donors (Lipinski definition) is 2. The number of hydrogen-bond acceptors (Lipinski definition) is 8. The van der Waals surface area contributed by atoms with Gasteiger partial charge in [-0.1, -0.05) is 24.3 Å². The summed E-state index contributed by atoms with van der Waals surface area (Å²) in [7, 11) is 0. The van der Waals surface area contributed by atoms with Crippen molar-refractivity contribution in [1.29, 1.82) is 0 Å². The van der Waals surface area contributed by atoms with E-state index >= 15 is 0 Å². The Morgan fingerprint density at radius 2 is 1.04 bits per heavy atom. The predicted octanol–water partition coefficient (Wildman–Crippen LogP) is 6.34. The van der Waals surface area contributed by atoms with Gasteiger partial charge in [0.15, 0.2) is 11.6 Å². The molecule has 2 aromatic carbocycles. The van der Waals surface area contributed by atoms with Gasteiger partial charge < -0.3 is 29.2 Å². The number of aryl methyl sites for hydroxylation is 2. The molecule has 0 aliphatic heterocycles. The first kappa shape index (κ1) is 32.4. The first-order valence-corrected chi connectivity index (χ1v) is 15.5. The number of carbonyl (C=O) groups is 2. The molecule has 46 heavy (non-hydrogen) atoms. The molecule has 5 aromatic rings. The minimum atomic E-state index is -0.550. The number of fused-ring (bicyclic) bond motifs is 2. The summed E-state index contributed by atoms with van der Waals surface area (Å²) in [5.74, 6) is 1.39. The van der Waals surface area contributed by atoms with E-state index in [1.807, 2.05) is 90.1 Å². The van der Waals surface area contributed by atoms with E-state index < -0.39 is 23.4 Å². The molecule has 2 N–H and O–H groups in total. The van der Waals surface area contributed by atoms with E-state index in [0.717, 1.165) is 22.1 Å². The third-order valence-electron chi connectivity index (χ3n) is 6.87. The number of benzene rings is 2. The van der Waals surface area contributed by atoms with Crippen LogP contribution in [0.1, 0.15) is 54.4 Å². The van der Waals surface area contributed by atoms with Crippen molar-refractivity contribution in [3.8, 4) is 23.0 Å². The first-order valence-electron chi connectivity index (χ1n) is 15.5. The monoisotopic (exact) mass is 626 g/mol. The third-order valence-corrected chi connectivity index (χ3v) is 6.87. The molecule has 0 saturated carbocycles. The molecular weight excluding hydrogens is 584 g/mol. The number of alkyl carbamates (subject to hydrolysis) is 2. The Balaban J connectivity index is 1.33. The number of para-hydroxylation sites is 4. The number of ether oxygens (including phenoxy) is 2. The number of imidazole rings is 2. The van der Waals surface area contributed by atoms with Crippen LogP contribution >= 0.6 is 0 Å². The molecule has 3 aromatic heterocycles. The Morgan fingerprint density at radius 1 is 0.652 bits per heavy atom. The average Bonchev–Trinajstić information content (AvgIpc) is 3.54. The number of amides is 2. The lowest BCUT2D eigenvalue weighted by atomic mass is 10.2. The van der Waals surface area contributed by atoms with Crippen LogP contribution in [0.25, 0.3) is 45.1 Å². The highest BCUT2D eigenvalue weighted by Gasteiger charge is 2.19. The fraction of sp³-hybridized carbons (Fsp3) is 0.412. The van der Waals surface area contributed by atoms with Crippen LogP contribution in [0.5, 0.6) is 0 Å². The minimum absolute atomic E-state index is 0.435. The fourth-order valence-corrected chi connectivity index (χ4v) is 5.04. The van der Waals surface area contributed by atoms with Gasteiger partial charge in [-0.05, 0) is 78.6 Å². The fourth-order valence-electron chi connectivity index (χ4n) is 5.04. The van der Waals surface area contributed by atoms with Gasteiger partial charge in [0.25, 0.3) is 0 Å². The molecule has 0 fully saturated rings. The second-order valence-corrected chi connectivity index (χ2v) is 13.0. The standard InChI is InChI=1S/C34H42N8O4/c1-33(2,3)45-31(43)35-17-11-19-41-27-15-9-7-13-23(27)39-29(41)25-21-38-26(22-37-25)30-40-24-14-8-10-16-28(24)42(30)20-12-18-36-32(44)46-34(4,5)6/h7-10,13-16,21-22H,11-12,17-20H2,1-6H3,(H,35,43)(H,36,44). The summed E-state index contributed by atoms with van der Waals surface area (Å²) in [6.45, 7) is 13.2. The Morgan fingerprint density at radius 3 is 1.41 bits per heavy atom. The van der Waals surface area contributed by atoms with Gasteiger partial charge in [-0.2, -0.15) is 0 Å². The summed E-state index contributed by atoms with van der Waals surface area (Å²) in [4.78, 5) is 43.5. The normalized spacial score (nSPS) is 12.0. The Bertz CT molecular complexity index is 1680. The molecule has 0 aliphatic carbocycles. The summed E-state index contributed by atoms with van der Waals surface area (Å²) >= 11 is 0. The second kappa shape index (κ2) is 13.6. The maximum absolute atomic E-state index is 12.1. The van der Waals surface area contributed by atoms with Gasteiger partial charge in [0.2, 0.25) is 0 Å². The van der Waals surface area contributed by atoms with Crippen molar-refractivity contribution in [2.45, 2.75) is 78.7 Å². The summed E-state index contributed by atoms with van der Waals surface area (Å²) in [5.41, 5.74) is 3.81. The molecule has 0 unspecified atom stereocenters. The number of carbonyl (C=O) groups excluding carboxylic acids is 2. The third kappa shape index (κ3) is 8.17. The Hall–Kier alpha value is -5.00. The van der Waals surface area contributed by atoms with Crippen molar-refractivity contribution >= 4 is 34.3 Å². The zero-order valence-electron chi connectivity index (χ0n) is 27.3. The summed E-state index contributed by atoms with van der Waals surface area (Å²) in [5, 5.41) is 5.65. The van der Waals surface area contributed by atoms with E-state index in [1.54, 1.807) is 12.4 Å². The van der Waals surface area contributed by atoms with Crippen molar-refractivity contribution in [1.82, 2.24) is 39.7 Å². The Kier molecular flexibility index (Phi) is 9.54. The molecular formula is C34H42N8O4. The molecule has 0 aliphatic rings. The van der Waals surface area contributed by atoms with Crippen molar-refractivity contribution < 1.29 is 19.1 Å². The van der Waals surface area contributed by atoms with Crippen molar-refractivity contribution in [2.24, 2.45) is 0 Å². The molecule has 12 nitrogen and oxygen atoms in total. The number of nitrogens with one attached hydrogen (secondary N) is 2. The second-order valence-electron chi connectivity index (χ2n) is 13.0. The zero-order valence-corrected chi connectivity index (χ0v) is 27.3. The molecule has 242 valence electrons. The van der Waals surface area contributed by atoms with Gasteiger partial charge in [-0.25, -0.2) is 29.5 Å². The van der Waals surface area contributed by atoms with Crippen LogP contribution in [0.4, 0.5) is 9.59 Å². The van der Waals surface area contributed by atoms with E-state index in [2.05, 4.69) is 19.8 Å². The lowest BCUT2D eigenvalue weighted by molar-refractivity contribution is 0.0515. The molecule has 0 radical (unpaired) electrons. The SMILES string of the molecule is CC(C)(C)OC(=O)NCCCn1c(-c2cnc(-c3nc4ccccc4n3CCCNC(=O)OC(C)(C)C)cn2)nc2ccccc21. The lowest BCUT2D eigenvalue weighted by Gasteiger charge is -2.19. The van der Waals surface area contributed by atoms with E-state index in [-0.39, 0.29) is 0 Å². The highest BCUT2D eigenvalue weighted by Crippen LogP contribution is 2.27. The zero-order chi connectivity index (χ0) is 32.9. The summed E-state index contributed by atoms with van der Waals surface area (Å²) < 4.78 is 14.9. The summed E-state index contributed by atoms with van der Waals surface area (Å²) in [6, 6.07) is 15.8. The summed E-state index contributed by atoms with van der Waals surface area (Å²) in [6.07, 6.45) is 3.92. The van der Waals surface area contributed by atoms with Crippen molar-refractivity contribution in [2.75, 3.05) is 13.1 Å². The van der Waals surface area contributed by atoms with Crippen LogP contribution in [-0.4, -0.2) is 65.5 Å². The molecule has 5 rings (SSSR count). The molecule has 2 amide bonds. The minimum Gasteiger partial charge on any atom is -0.444 e. The van der Waals surface area contributed by atoms with Crippen LogP contribution in [0, 0.1) is 0 Å². The quantitative estimate of drug-likeness (QED) is 0.171. The Labute approximate surface area is 268 Å². The van der Waals surface area contributed by atoms with Gasteiger partial charge in [0.05, 0.1) is 34.5 Å². The highest BCUT2D eigenvalue weighted by atomic mass is 16.6. The molecule has 0 saturated heterocycles. The number of nitrogens with zero attached hydrogens (tertiary/aromatic N) is 6. The van der Waals surface area contributed by atoms with E-state index in [1.165, 1.54) is 0 Å². The molecule has 12 heteroatoms. The largest absolute Gasteiger partial charge is 0.444 e. The van der Waals surface area contributed by atoms with Crippen LogP contribution in [0.2, 0.25) is 0 Å². The molecule has 0 spiro atoms. The van der Waals surface area contributed by atoms with Gasteiger partial charge >= 0.3 is 12.2 Å². The number of aromatic nitrogens is 6. The van der Waals surface area contributed by atoms with E-state index in [4.69, 9.17) is 29.4 Å². The van der Waals surface area contributed by atoms with Crippen LogP contribution in [-0.2, 0) is 22.6 Å². The highest BCUT2D eigenvalue weighted by molar-refractivity contribution is 5.81.